The zero-order valence-electron chi connectivity index (χ0n) is 13.9. The number of fused-ring (bicyclic) bond motifs is 1. The first kappa shape index (κ1) is 16.5. The van der Waals surface area contributed by atoms with Crippen LogP contribution in [0.15, 0.2) is 29.6 Å². The number of carbonyl (C=O) groups excluding carboxylic acids is 1. The van der Waals surface area contributed by atoms with E-state index in [1.54, 1.807) is 30.6 Å². The first-order valence-corrected chi connectivity index (χ1v) is 8.51. The smallest absolute Gasteiger partial charge is 0.253 e. The summed E-state index contributed by atoms with van der Waals surface area (Å²) in [6.45, 7) is 1.37. The minimum absolute atomic E-state index is 0.131. The van der Waals surface area contributed by atoms with E-state index in [9.17, 15) is 4.79 Å². The fourth-order valence-corrected chi connectivity index (χ4v) is 3.11. The molecule has 1 amide bonds. The molecule has 0 aliphatic carbocycles. The maximum absolute atomic E-state index is 12.5. The summed E-state index contributed by atoms with van der Waals surface area (Å²) in [5, 5.41) is 4.93. The highest BCUT2D eigenvalue weighted by Crippen LogP contribution is 2.31. The number of ether oxygens (including phenoxy) is 1. The molecule has 0 saturated heterocycles. The number of aromatic amines is 1. The van der Waals surface area contributed by atoms with Gasteiger partial charge in [0.25, 0.3) is 5.91 Å². The molecule has 6 nitrogen and oxygen atoms in total. The Kier molecular flexibility index (Phi) is 4.82. The summed E-state index contributed by atoms with van der Waals surface area (Å²) in [6.07, 6.45) is 0. The second kappa shape index (κ2) is 7.02. The fraction of sp³-hybridized carbons (Fsp3) is 0.294. The van der Waals surface area contributed by atoms with Gasteiger partial charge in [0.15, 0.2) is 0 Å². The molecule has 3 rings (SSSR count). The van der Waals surface area contributed by atoms with Gasteiger partial charge in [-0.1, -0.05) is 6.07 Å². The number of hydrogen-bond donors (Lipinski definition) is 2. The maximum atomic E-state index is 12.5. The molecule has 0 unspecified atom stereocenters. The zero-order chi connectivity index (χ0) is 17.1. The second-order valence-corrected chi connectivity index (χ2v) is 6.61. The van der Waals surface area contributed by atoms with Crippen molar-refractivity contribution in [2.75, 3.05) is 34.3 Å². The Morgan fingerprint density at radius 3 is 2.88 bits per heavy atom. The van der Waals surface area contributed by atoms with Crippen LogP contribution in [-0.4, -0.2) is 55.1 Å². The molecule has 7 heteroatoms. The quantitative estimate of drug-likeness (QED) is 0.721. The molecule has 2 N–H and O–H groups in total. The van der Waals surface area contributed by atoms with Gasteiger partial charge in [-0.05, 0) is 37.7 Å². The van der Waals surface area contributed by atoms with Gasteiger partial charge in [0, 0.05) is 13.1 Å². The van der Waals surface area contributed by atoms with Crippen molar-refractivity contribution in [3.8, 4) is 16.5 Å². The summed E-state index contributed by atoms with van der Waals surface area (Å²) < 4.78 is 5.40. The van der Waals surface area contributed by atoms with E-state index in [1.165, 1.54) is 0 Å². The number of rotatable bonds is 6. The number of amides is 1. The number of carbonyl (C=O) groups is 1. The number of H-pyrrole nitrogens is 1. The highest BCUT2D eigenvalue weighted by Gasteiger charge is 2.18. The van der Waals surface area contributed by atoms with Crippen LogP contribution in [0.3, 0.4) is 0 Å². The molecule has 126 valence electrons. The average molecular weight is 344 g/mol. The van der Waals surface area contributed by atoms with Crippen LogP contribution in [0.5, 0.6) is 5.75 Å². The number of nitrogens with zero attached hydrogens (tertiary/aromatic N) is 2. The average Bonchev–Trinajstić information content (AvgIpc) is 3.22. The number of aromatic nitrogens is 2. The number of imidazole rings is 1. The topological polar surface area (TPSA) is 70.2 Å². The molecule has 0 aliphatic rings. The molecule has 0 bridgehead atoms. The lowest BCUT2D eigenvalue weighted by Crippen LogP contribution is -2.31. The highest BCUT2D eigenvalue weighted by atomic mass is 32.1. The number of methoxy groups -OCH3 is 1. The van der Waals surface area contributed by atoms with Gasteiger partial charge in [-0.3, -0.25) is 4.79 Å². The molecule has 0 aliphatic heterocycles. The minimum atomic E-state index is -0.131. The van der Waals surface area contributed by atoms with Gasteiger partial charge in [0.2, 0.25) is 0 Å². The van der Waals surface area contributed by atoms with E-state index >= 15 is 0 Å². The summed E-state index contributed by atoms with van der Waals surface area (Å²) >= 11 is 1.60. The van der Waals surface area contributed by atoms with E-state index in [4.69, 9.17) is 4.74 Å². The van der Waals surface area contributed by atoms with Crippen molar-refractivity contribution in [3.05, 3.63) is 35.2 Å². The van der Waals surface area contributed by atoms with Gasteiger partial charge in [-0.15, -0.1) is 11.3 Å². The molecule has 1 aromatic carbocycles. The maximum Gasteiger partial charge on any atom is 0.253 e. The number of benzene rings is 1. The molecule has 2 heterocycles. The number of nitrogens with one attached hydrogen (secondary N) is 2. The molecule has 0 saturated carbocycles. The fourth-order valence-electron chi connectivity index (χ4n) is 2.44. The first-order valence-electron chi connectivity index (χ1n) is 7.63. The summed E-state index contributed by atoms with van der Waals surface area (Å²) in [6, 6.07) is 7.51. The number of likely N-dealkylation sites (N-methyl/N-ethyl adjacent to an activating group) is 1. The highest BCUT2D eigenvalue weighted by molar-refractivity contribution is 7.13. The van der Waals surface area contributed by atoms with Gasteiger partial charge >= 0.3 is 0 Å². The van der Waals surface area contributed by atoms with Crippen molar-refractivity contribution in [2.24, 2.45) is 0 Å². The van der Waals surface area contributed by atoms with Crippen LogP contribution in [-0.2, 0) is 0 Å². The Bertz CT molecular complexity index is 840. The lowest BCUT2D eigenvalue weighted by Gasteiger charge is -2.11. The third-order valence-corrected chi connectivity index (χ3v) is 4.55. The summed E-state index contributed by atoms with van der Waals surface area (Å²) in [4.78, 5) is 23.5. The Hall–Kier alpha value is -2.38. The van der Waals surface area contributed by atoms with Crippen LogP contribution < -0.4 is 10.1 Å². The Balaban J connectivity index is 1.97. The Morgan fingerprint density at radius 2 is 2.21 bits per heavy atom. The molecule has 24 heavy (non-hydrogen) atoms. The largest absolute Gasteiger partial charge is 0.494 e. The van der Waals surface area contributed by atoms with Crippen LogP contribution in [0.25, 0.3) is 21.7 Å². The van der Waals surface area contributed by atoms with Gasteiger partial charge in [0.05, 0.1) is 17.6 Å². The summed E-state index contributed by atoms with van der Waals surface area (Å²) in [7, 11) is 5.55. The normalized spacial score (nSPS) is 11.2. The van der Waals surface area contributed by atoms with Gasteiger partial charge < -0.3 is 19.9 Å². The minimum Gasteiger partial charge on any atom is -0.494 e. The predicted molar refractivity (Wildman–Crippen MR) is 96.8 cm³/mol. The van der Waals surface area contributed by atoms with E-state index in [1.807, 2.05) is 36.5 Å². The molecule has 0 radical (unpaired) electrons. The molecule has 0 fully saturated rings. The van der Waals surface area contributed by atoms with Crippen LogP contribution >= 0.6 is 11.3 Å². The van der Waals surface area contributed by atoms with Crippen molar-refractivity contribution >= 4 is 28.3 Å². The SMILES string of the molecule is COc1ccc(C(=O)NCCN(C)C)c2nc(-c3cccs3)[nH]c12. The molecule has 0 spiro atoms. The molecular formula is C17H20N4O2S. The van der Waals surface area contributed by atoms with E-state index < -0.39 is 0 Å². The summed E-state index contributed by atoms with van der Waals surface area (Å²) in [5.74, 6) is 1.28. The standard InChI is InChI=1S/C17H20N4O2S/c1-21(2)9-8-18-17(22)11-6-7-12(23-3)15-14(11)19-16(20-15)13-5-4-10-24-13/h4-7,10H,8-9H2,1-3H3,(H,18,22)(H,19,20). The van der Waals surface area contributed by atoms with Crippen LogP contribution in [0.2, 0.25) is 0 Å². The van der Waals surface area contributed by atoms with Crippen LogP contribution in [0.4, 0.5) is 0 Å². The summed E-state index contributed by atoms with van der Waals surface area (Å²) in [5.41, 5.74) is 1.91. The van der Waals surface area contributed by atoms with Gasteiger partial charge in [-0.2, -0.15) is 0 Å². The Morgan fingerprint density at radius 1 is 1.38 bits per heavy atom. The van der Waals surface area contributed by atoms with Crippen molar-refractivity contribution in [2.45, 2.75) is 0 Å². The molecule has 3 aromatic rings. The van der Waals surface area contributed by atoms with E-state index in [0.29, 0.717) is 23.4 Å². The van der Waals surface area contributed by atoms with E-state index in [2.05, 4.69) is 15.3 Å². The third-order valence-electron chi connectivity index (χ3n) is 3.67. The second-order valence-electron chi connectivity index (χ2n) is 5.66. The first-order chi connectivity index (χ1) is 11.6. The van der Waals surface area contributed by atoms with E-state index in [-0.39, 0.29) is 5.91 Å². The molecule has 2 aromatic heterocycles. The zero-order valence-corrected chi connectivity index (χ0v) is 14.7. The lowest BCUT2D eigenvalue weighted by atomic mass is 10.1. The molecular weight excluding hydrogens is 324 g/mol. The Labute approximate surface area is 144 Å². The van der Waals surface area contributed by atoms with Crippen LogP contribution in [0, 0.1) is 0 Å². The van der Waals surface area contributed by atoms with Crippen molar-refractivity contribution in [1.82, 2.24) is 20.2 Å². The van der Waals surface area contributed by atoms with E-state index in [0.717, 1.165) is 22.8 Å². The monoisotopic (exact) mass is 344 g/mol. The number of hydrogen-bond acceptors (Lipinski definition) is 5. The van der Waals surface area contributed by atoms with Gasteiger partial charge in [-0.25, -0.2) is 4.98 Å². The number of thiophene rings is 1. The molecule has 0 atom stereocenters. The van der Waals surface area contributed by atoms with Crippen molar-refractivity contribution in [3.63, 3.8) is 0 Å². The van der Waals surface area contributed by atoms with Crippen molar-refractivity contribution < 1.29 is 9.53 Å². The van der Waals surface area contributed by atoms with Gasteiger partial charge in [0.1, 0.15) is 22.6 Å². The predicted octanol–water partition coefficient (Wildman–Crippen LogP) is 2.59. The van der Waals surface area contributed by atoms with Crippen molar-refractivity contribution in [1.29, 1.82) is 0 Å². The van der Waals surface area contributed by atoms with Crippen LogP contribution in [0.1, 0.15) is 10.4 Å². The third kappa shape index (κ3) is 3.27. The lowest BCUT2D eigenvalue weighted by molar-refractivity contribution is 0.0952.